The molecule has 3 nitrogen and oxygen atoms in total. The van der Waals surface area contributed by atoms with Crippen molar-refractivity contribution in [3.05, 3.63) is 63.1 Å². The van der Waals surface area contributed by atoms with E-state index in [-0.39, 0.29) is 0 Å². The zero-order valence-electron chi connectivity index (χ0n) is 11.2. The molecule has 0 N–H and O–H groups in total. The van der Waals surface area contributed by atoms with Crippen molar-refractivity contribution in [1.29, 1.82) is 0 Å². The summed E-state index contributed by atoms with van der Waals surface area (Å²) in [7, 11) is 0. The minimum atomic E-state index is 0.468. The molecular weight excluding hydrogens is 397 g/mol. The topological polar surface area (TPSA) is 38.7 Å². The smallest absolute Gasteiger partial charge is 0.161 e. The van der Waals surface area contributed by atoms with Crippen molar-refractivity contribution in [1.82, 2.24) is 15.0 Å². The lowest BCUT2D eigenvalue weighted by Gasteiger charge is -2.10. The van der Waals surface area contributed by atoms with E-state index in [1.807, 2.05) is 43.3 Å². The number of pyridine rings is 1. The van der Waals surface area contributed by atoms with Gasteiger partial charge in [-0.05, 0) is 41.1 Å². The van der Waals surface area contributed by atoms with Crippen molar-refractivity contribution in [3.8, 4) is 22.6 Å². The molecule has 0 aliphatic heterocycles. The number of nitrogens with zero attached hydrogens (tertiary/aromatic N) is 3. The molecule has 1 aromatic carbocycles. The molecule has 0 amide bonds. The predicted molar refractivity (Wildman–Crippen MR) is 93.2 cm³/mol. The largest absolute Gasteiger partial charge is 0.264 e. The second kappa shape index (κ2) is 6.07. The van der Waals surface area contributed by atoms with Crippen LogP contribution in [-0.2, 0) is 0 Å². The van der Waals surface area contributed by atoms with Crippen LogP contribution in [0.15, 0.2) is 48.8 Å². The van der Waals surface area contributed by atoms with Gasteiger partial charge in [0.2, 0.25) is 0 Å². The zero-order chi connectivity index (χ0) is 14.8. The summed E-state index contributed by atoms with van der Waals surface area (Å²) in [6.45, 7) is 1.99. The molecule has 0 fully saturated rings. The van der Waals surface area contributed by atoms with Crippen LogP contribution in [0.5, 0.6) is 0 Å². The molecule has 5 heteroatoms. The molecule has 0 spiro atoms. The lowest BCUT2D eigenvalue weighted by atomic mass is 10.1. The predicted octanol–water partition coefficient (Wildman–Crippen LogP) is 4.77. The maximum atomic E-state index is 6.30. The second-order valence-electron chi connectivity index (χ2n) is 4.56. The Labute approximate surface area is 141 Å². The molecule has 3 aromatic rings. The van der Waals surface area contributed by atoms with Gasteiger partial charge in [-0.25, -0.2) is 9.97 Å². The molecule has 0 saturated heterocycles. The van der Waals surface area contributed by atoms with Gasteiger partial charge in [-0.2, -0.15) is 0 Å². The lowest BCUT2D eigenvalue weighted by Crippen LogP contribution is -1.98. The Bertz CT molecular complexity index is 791. The summed E-state index contributed by atoms with van der Waals surface area (Å²) in [4.78, 5) is 13.2. The molecule has 0 saturated carbocycles. The lowest BCUT2D eigenvalue weighted by molar-refractivity contribution is 1.14. The third-order valence-corrected chi connectivity index (χ3v) is 4.73. The van der Waals surface area contributed by atoms with E-state index in [2.05, 4.69) is 32.6 Å². The summed E-state index contributed by atoms with van der Waals surface area (Å²) in [6, 6.07) is 11.9. The van der Waals surface area contributed by atoms with Crippen molar-refractivity contribution in [2.75, 3.05) is 0 Å². The number of hydrogen-bond donors (Lipinski definition) is 0. The molecule has 0 aliphatic carbocycles. The molecule has 0 atom stereocenters. The van der Waals surface area contributed by atoms with Crippen LogP contribution in [0, 0.1) is 10.5 Å². The highest BCUT2D eigenvalue weighted by Gasteiger charge is 2.14. The minimum absolute atomic E-state index is 0.468. The summed E-state index contributed by atoms with van der Waals surface area (Å²) in [6.07, 6.45) is 3.53. The van der Waals surface area contributed by atoms with E-state index >= 15 is 0 Å². The summed E-state index contributed by atoms with van der Waals surface area (Å²) in [5.41, 5.74) is 3.84. The average Bonchev–Trinajstić information content (AvgIpc) is 2.51. The molecule has 0 aliphatic rings. The van der Waals surface area contributed by atoms with Gasteiger partial charge < -0.3 is 0 Å². The van der Waals surface area contributed by atoms with Gasteiger partial charge in [0.1, 0.15) is 5.15 Å². The Morgan fingerprint density at radius 1 is 1.05 bits per heavy atom. The Kier molecular flexibility index (Phi) is 4.17. The fourth-order valence-corrected chi connectivity index (χ4v) is 2.77. The van der Waals surface area contributed by atoms with Crippen LogP contribution < -0.4 is 0 Å². The highest BCUT2D eigenvalue weighted by atomic mass is 127. The van der Waals surface area contributed by atoms with Gasteiger partial charge in [0, 0.05) is 23.5 Å². The first kappa shape index (κ1) is 14.4. The molecule has 0 bridgehead atoms. The Morgan fingerprint density at radius 3 is 2.52 bits per heavy atom. The molecule has 21 heavy (non-hydrogen) atoms. The van der Waals surface area contributed by atoms with E-state index in [4.69, 9.17) is 16.6 Å². The first-order valence-corrected chi connectivity index (χ1v) is 7.82. The van der Waals surface area contributed by atoms with E-state index in [9.17, 15) is 0 Å². The number of halogens is 2. The van der Waals surface area contributed by atoms with Gasteiger partial charge in [0.25, 0.3) is 0 Å². The third-order valence-electron chi connectivity index (χ3n) is 3.12. The number of aromatic nitrogens is 3. The SMILES string of the molecule is Cc1cnccc1-c1nc(Cl)c(I)c(-c2ccccc2)n1. The first-order chi connectivity index (χ1) is 10.2. The normalized spacial score (nSPS) is 10.6. The van der Waals surface area contributed by atoms with Crippen molar-refractivity contribution in [2.45, 2.75) is 6.92 Å². The number of hydrogen-bond acceptors (Lipinski definition) is 3. The Hall–Kier alpha value is -1.53. The molecule has 0 unspecified atom stereocenters. The minimum Gasteiger partial charge on any atom is -0.264 e. The van der Waals surface area contributed by atoms with Crippen LogP contribution in [0.2, 0.25) is 5.15 Å². The zero-order valence-corrected chi connectivity index (χ0v) is 14.1. The highest BCUT2D eigenvalue weighted by Crippen LogP contribution is 2.31. The van der Waals surface area contributed by atoms with E-state index in [1.54, 1.807) is 12.4 Å². The van der Waals surface area contributed by atoms with Gasteiger partial charge in [-0.3, -0.25) is 4.98 Å². The summed E-state index contributed by atoms with van der Waals surface area (Å²) in [5, 5.41) is 0.468. The monoisotopic (exact) mass is 407 g/mol. The van der Waals surface area contributed by atoms with Crippen molar-refractivity contribution in [3.63, 3.8) is 0 Å². The van der Waals surface area contributed by atoms with Crippen LogP contribution in [0.4, 0.5) is 0 Å². The van der Waals surface area contributed by atoms with Gasteiger partial charge >= 0.3 is 0 Å². The molecule has 2 heterocycles. The quantitative estimate of drug-likeness (QED) is 0.454. The molecule has 2 aromatic heterocycles. The molecule has 0 radical (unpaired) electrons. The Balaban J connectivity index is 2.22. The fourth-order valence-electron chi connectivity index (χ4n) is 2.05. The standard InChI is InChI=1S/C16H11ClIN3/c1-10-9-19-8-7-12(10)16-20-14(13(18)15(17)21-16)11-5-3-2-4-6-11/h2-9H,1H3. The third kappa shape index (κ3) is 2.91. The van der Waals surface area contributed by atoms with Gasteiger partial charge in [0.05, 0.1) is 9.26 Å². The number of aryl methyl sites for hydroxylation is 1. The molecule has 104 valence electrons. The van der Waals surface area contributed by atoms with E-state index in [0.717, 1.165) is 26.0 Å². The van der Waals surface area contributed by atoms with Gasteiger partial charge in [0.15, 0.2) is 5.82 Å². The molecule has 3 rings (SSSR count). The summed E-state index contributed by atoms with van der Waals surface area (Å²) in [5.74, 6) is 0.624. The second-order valence-corrected chi connectivity index (χ2v) is 5.99. The fraction of sp³-hybridized carbons (Fsp3) is 0.0625. The van der Waals surface area contributed by atoms with Crippen LogP contribution >= 0.6 is 34.2 Å². The first-order valence-electron chi connectivity index (χ1n) is 6.36. The Morgan fingerprint density at radius 2 is 1.81 bits per heavy atom. The maximum Gasteiger partial charge on any atom is 0.161 e. The van der Waals surface area contributed by atoms with Crippen molar-refractivity contribution < 1.29 is 0 Å². The van der Waals surface area contributed by atoms with Crippen molar-refractivity contribution >= 4 is 34.2 Å². The van der Waals surface area contributed by atoms with Crippen LogP contribution in [0.1, 0.15) is 5.56 Å². The summed E-state index contributed by atoms with van der Waals surface area (Å²) < 4.78 is 0.857. The van der Waals surface area contributed by atoms with Crippen molar-refractivity contribution in [2.24, 2.45) is 0 Å². The number of benzene rings is 1. The van der Waals surface area contributed by atoms with Crippen LogP contribution in [0.3, 0.4) is 0 Å². The van der Waals surface area contributed by atoms with E-state index in [1.165, 1.54) is 0 Å². The van der Waals surface area contributed by atoms with E-state index in [0.29, 0.717) is 11.0 Å². The van der Waals surface area contributed by atoms with Gasteiger partial charge in [-0.15, -0.1) is 0 Å². The highest BCUT2D eigenvalue weighted by molar-refractivity contribution is 14.1. The maximum absolute atomic E-state index is 6.30. The summed E-state index contributed by atoms with van der Waals surface area (Å²) >= 11 is 8.48. The van der Waals surface area contributed by atoms with E-state index < -0.39 is 0 Å². The average molecular weight is 408 g/mol. The van der Waals surface area contributed by atoms with Gasteiger partial charge in [-0.1, -0.05) is 41.9 Å². The molecular formula is C16H11ClIN3. The van der Waals surface area contributed by atoms with Crippen LogP contribution in [0.25, 0.3) is 22.6 Å². The number of rotatable bonds is 2. The van der Waals surface area contributed by atoms with Crippen LogP contribution in [-0.4, -0.2) is 15.0 Å².